The average molecular weight is 334 g/mol. The fourth-order valence-corrected chi connectivity index (χ4v) is 2.38. The van der Waals surface area contributed by atoms with Gasteiger partial charge in [-0.05, 0) is 23.8 Å². The molecule has 0 radical (unpaired) electrons. The Morgan fingerprint density at radius 2 is 1.95 bits per heavy atom. The highest BCUT2D eigenvalue weighted by Crippen LogP contribution is 2.20. The molecule has 1 unspecified atom stereocenters. The molecule has 4 heteroatoms. The van der Waals surface area contributed by atoms with Gasteiger partial charge in [0.1, 0.15) is 0 Å². The van der Waals surface area contributed by atoms with E-state index >= 15 is 0 Å². The molecule has 2 rings (SSSR count). The van der Waals surface area contributed by atoms with E-state index in [9.17, 15) is 4.79 Å². The minimum absolute atomic E-state index is 0.237. The Balaban J connectivity index is 2.11. The van der Waals surface area contributed by atoms with Crippen LogP contribution in [0.5, 0.6) is 0 Å². The smallest absolute Gasteiger partial charge is 0.314 e. The maximum absolute atomic E-state index is 11.9. The molecule has 2 aromatic rings. The number of anilines is 1. The SMILES string of the molecule is COC(=O)C(CNc1cccc(Br)c1)c1ccccc1. The molecule has 0 saturated heterocycles. The molecule has 3 nitrogen and oxygen atoms in total. The van der Waals surface area contributed by atoms with Crippen LogP contribution in [0.3, 0.4) is 0 Å². The van der Waals surface area contributed by atoms with Crippen LogP contribution in [-0.2, 0) is 9.53 Å². The molecular formula is C16H16BrNO2. The zero-order chi connectivity index (χ0) is 14.4. The Bertz CT molecular complexity index is 572. The first-order valence-corrected chi connectivity index (χ1v) is 7.12. The van der Waals surface area contributed by atoms with Crippen molar-refractivity contribution in [1.82, 2.24) is 0 Å². The number of carbonyl (C=O) groups excluding carboxylic acids is 1. The molecule has 0 amide bonds. The molecule has 0 aliphatic carbocycles. The predicted octanol–water partition coefficient (Wildman–Crippen LogP) is 3.82. The lowest BCUT2D eigenvalue weighted by Gasteiger charge is -2.16. The summed E-state index contributed by atoms with van der Waals surface area (Å²) in [6.07, 6.45) is 0. The van der Waals surface area contributed by atoms with Crippen molar-refractivity contribution in [2.24, 2.45) is 0 Å². The summed E-state index contributed by atoms with van der Waals surface area (Å²) in [5.74, 6) is -0.557. The van der Waals surface area contributed by atoms with Gasteiger partial charge >= 0.3 is 5.97 Å². The average Bonchev–Trinajstić information content (AvgIpc) is 2.48. The fraction of sp³-hybridized carbons (Fsp3) is 0.188. The minimum Gasteiger partial charge on any atom is -0.468 e. The zero-order valence-electron chi connectivity index (χ0n) is 11.2. The van der Waals surface area contributed by atoms with Crippen LogP contribution in [-0.4, -0.2) is 19.6 Å². The highest BCUT2D eigenvalue weighted by atomic mass is 79.9. The molecule has 2 aromatic carbocycles. The van der Waals surface area contributed by atoms with Gasteiger partial charge in [0.2, 0.25) is 0 Å². The van der Waals surface area contributed by atoms with E-state index in [1.54, 1.807) is 0 Å². The van der Waals surface area contributed by atoms with Gasteiger partial charge in [-0.3, -0.25) is 4.79 Å². The van der Waals surface area contributed by atoms with Gasteiger partial charge in [0.15, 0.2) is 0 Å². The Hall–Kier alpha value is -1.81. The van der Waals surface area contributed by atoms with E-state index in [0.29, 0.717) is 6.54 Å². The number of ether oxygens (including phenoxy) is 1. The van der Waals surface area contributed by atoms with Crippen LogP contribution in [0.15, 0.2) is 59.1 Å². The van der Waals surface area contributed by atoms with Crippen LogP contribution in [0.1, 0.15) is 11.5 Å². The van der Waals surface area contributed by atoms with Crippen LogP contribution in [0, 0.1) is 0 Å². The van der Waals surface area contributed by atoms with Gasteiger partial charge in [0.05, 0.1) is 13.0 Å². The van der Waals surface area contributed by atoms with E-state index in [2.05, 4.69) is 21.2 Å². The lowest BCUT2D eigenvalue weighted by molar-refractivity contribution is -0.142. The molecule has 0 aromatic heterocycles. The number of benzene rings is 2. The minimum atomic E-state index is -0.319. The zero-order valence-corrected chi connectivity index (χ0v) is 12.8. The molecule has 104 valence electrons. The van der Waals surface area contributed by atoms with Gasteiger partial charge in [0, 0.05) is 16.7 Å². The third-order valence-electron chi connectivity index (χ3n) is 3.02. The van der Waals surface area contributed by atoms with Crippen molar-refractivity contribution in [1.29, 1.82) is 0 Å². The Kier molecular flexibility index (Phi) is 5.18. The standard InChI is InChI=1S/C16H16BrNO2/c1-20-16(19)15(12-6-3-2-4-7-12)11-18-14-9-5-8-13(17)10-14/h2-10,15,18H,11H2,1H3. The topological polar surface area (TPSA) is 38.3 Å². The van der Waals surface area contributed by atoms with E-state index < -0.39 is 0 Å². The summed E-state index contributed by atoms with van der Waals surface area (Å²) in [6.45, 7) is 0.493. The first-order chi connectivity index (χ1) is 9.70. The van der Waals surface area contributed by atoms with Crippen LogP contribution < -0.4 is 5.32 Å². The number of esters is 1. The number of rotatable bonds is 5. The maximum Gasteiger partial charge on any atom is 0.314 e. The molecule has 0 bridgehead atoms. The van der Waals surface area contributed by atoms with Crippen molar-refractivity contribution in [2.45, 2.75) is 5.92 Å². The van der Waals surface area contributed by atoms with Crippen LogP contribution in [0.2, 0.25) is 0 Å². The third kappa shape index (κ3) is 3.84. The quantitative estimate of drug-likeness (QED) is 0.845. The summed E-state index contributed by atoms with van der Waals surface area (Å²) in [6, 6.07) is 17.5. The molecule has 0 aliphatic rings. The normalized spacial score (nSPS) is 11.7. The summed E-state index contributed by atoms with van der Waals surface area (Å²) < 4.78 is 5.89. The largest absolute Gasteiger partial charge is 0.468 e. The monoisotopic (exact) mass is 333 g/mol. The second kappa shape index (κ2) is 7.10. The van der Waals surface area contributed by atoms with Crippen molar-refractivity contribution >= 4 is 27.6 Å². The summed E-state index contributed by atoms with van der Waals surface area (Å²) in [4.78, 5) is 11.9. The Morgan fingerprint density at radius 1 is 1.20 bits per heavy atom. The van der Waals surface area contributed by atoms with E-state index in [0.717, 1.165) is 15.7 Å². The highest BCUT2D eigenvalue weighted by molar-refractivity contribution is 9.10. The number of nitrogens with one attached hydrogen (secondary N) is 1. The van der Waals surface area contributed by atoms with Gasteiger partial charge < -0.3 is 10.1 Å². The van der Waals surface area contributed by atoms with Crippen molar-refractivity contribution in [2.75, 3.05) is 19.0 Å². The summed E-state index contributed by atoms with van der Waals surface area (Å²) >= 11 is 3.43. The fourth-order valence-electron chi connectivity index (χ4n) is 1.98. The highest BCUT2D eigenvalue weighted by Gasteiger charge is 2.20. The van der Waals surface area contributed by atoms with Crippen LogP contribution in [0.4, 0.5) is 5.69 Å². The number of hydrogen-bond acceptors (Lipinski definition) is 3. The molecule has 0 saturated carbocycles. The first-order valence-electron chi connectivity index (χ1n) is 6.33. The first kappa shape index (κ1) is 14.6. The molecular weight excluding hydrogens is 318 g/mol. The van der Waals surface area contributed by atoms with Crippen molar-refractivity contribution in [3.63, 3.8) is 0 Å². The second-order valence-corrected chi connectivity index (χ2v) is 5.29. The van der Waals surface area contributed by atoms with E-state index in [1.165, 1.54) is 7.11 Å². The molecule has 20 heavy (non-hydrogen) atoms. The van der Waals surface area contributed by atoms with Crippen molar-refractivity contribution < 1.29 is 9.53 Å². The summed E-state index contributed by atoms with van der Waals surface area (Å²) in [5, 5.41) is 3.27. The number of hydrogen-bond donors (Lipinski definition) is 1. The van der Waals surface area contributed by atoms with E-state index in [4.69, 9.17) is 4.74 Å². The molecule has 0 aliphatic heterocycles. The van der Waals surface area contributed by atoms with Gasteiger partial charge in [0.25, 0.3) is 0 Å². The predicted molar refractivity (Wildman–Crippen MR) is 83.8 cm³/mol. The number of carbonyl (C=O) groups is 1. The molecule has 1 N–H and O–H groups in total. The maximum atomic E-state index is 11.9. The number of methoxy groups -OCH3 is 1. The molecule has 1 atom stereocenters. The molecule has 0 heterocycles. The van der Waals surface area contributed by atoms with Crippen LogP contribution in [0.25, 0.3) is 0 Å². The molecule has 0 fully saturated rings. The van der Waals surface area contributed by atoms with Gasteiger partial charge in [-0.2, -0.15) is 0 Å². The molecule has 0 spiro atoms. The summed E-state index contributed by atoms with van der Waals surface area (Å²) in [5.41, 5.74) is 1.91. The van der Waals surface area contributed by atoms with E-state index in [1.807, 2.05) is 54.6 Å². The van der Waals surface area contributed by atoms with Gasteiger partial charge in [-0.15, -0.1) is 0 Å². The van der Waals surface area contributed by atoms with E-state index in [-0.39, 0.29) is 11.9 Å². The Labute approximate surface area is 127 Å². The van der Waals surface area contributed by atoms with Gasteiger partial charge in [-0.1, -0.05) is 52.3 Å². The van der Waals surface area contributed by atoms with Gasteiger partial charge in [-0.25, -0.2) is 0 Å². The third-order valence-corrected chi connectivity index (χ3v) is 3.52. The second-order valence-electron chi connectivity index (χ2n) is 4.38. The van der Waals surface area contributed by atoms with Crippen molar-refractivity contribution in [3.8, 4) is 0 Å². The Morgan fingerprint density at radius 3 is 2.60 bits per heavy atom. The van der Waals surface area contributed by atoms with Crippen molar-refractivity contribution in [3.05, 3.63) is 64.6 Å². The number of halogens is 1. The lowest BCUT2D eigenvalue weighted by Crippen LogP contribution is -2.22. The lowest BCUT2D eigenvalue weighted by atomic mass is 9.99. The summed E-state index contributed by atoms with van der Waals surface area (Å²) in [7, 11) is 1.41. The van der Waals surface area contributed by atoms with Crippen LogP contribution >= 0.6 is 15.9 Å².